The van der Waals surface area contributed by atoms with Crippen molar-refractivity contribution in [2.75, 3.05) is 13.2 Å². The first-order chi connectivity index (χ1) is 8.08. The average Bonchev–Trinajstić information content (AvgIpc) is 2.79. The molecule has 1 aromatic rings. The molecular formula is C12H18N2O3. The molecule has 2 heterocycles. The SMILES string of the molecule is CC(C)n1nccc1C1(C(=O)O)CCOCC1. The molecular weight excluding hydrogens is 220 g/mol. The van der Waals surface area contributed by atoms with E-state index in [1.54, 1.807) is 10.9 Å². The molecule has 0 aromatic carbocycles. The normalized spacial score (nSPS) is 19.5. The van der Waals surface area contributed by atoms with E-state index in [4.69, 9.17) is 4.74 Å². The first-order valence-corrected chi connectivity index (χ1v) is 5.93. The molecule has 0 radical (unpaired) electrons. The van der Waals surface area contributed by atoms with Crippen LogP contribution in [0.15, 0.2) is 12.3 Å². The lowest BCUT2D eigenvalue weighted by atomic mass is 9.77. The van der Waals surface area contributed by atoms with E-state index in [0.717, 1.165) is 5.69 Å². The molecule has 1 aromatic heterocycles. The zero-order chi connectivity index (χ0) is 12.5. The number of carboxylic acids is 1. The minimum atomic E-state index is -0.834. The Morgan fingerprint density at radius 2 is 2.18 bits per heavy atom. The van der Waals surface area contributed by atoms with E-state index in [1.807, 2.05) is 19.9 Å². The number of hydrogen-bond acceptors (Lipinski definition) is 3. The van der Waals surface area contributed by atoms with Gasteiger partial charge in [0.25, 0.3) is 0 Å². The quantitative estimate of drug-likeness (QED) is 0.868. The second-order valence-corrected chi connectivity index (χ2v) is 4.75. The number of carboxylic acid groups (broad SMARTS) is 1. The molecule has 0 atom stereocenters. The highest BCUT2D eigenvalue weighted by Crippen LogP contribution is 2.35. The predicted octanol–water partition coefficient (Wildman–Crippen LogP) is 1.60. The van der Waals surface area contributed by atoms with Gasteiger partial charge in [-0.2, -0.15) is 5.10 Å². The molecule has 0 unspecified atom stereocenters. The maximum absolute atomic E-state index is 11.7. The molecule has 5 heteroatoms. The summed E-state index contributed by atoms with van der Waals surface area (Å²) in [6, 6.07) is 1.98. The van der Waals surface area contributed by atoms with E-state index in [-0.39, 0.29) is 6.04 Å². The van der Waals surface area contributed by atoms with Crippen LogP contribution in [0, 0.1) is 0 Å². The molecule has 1 aliphatic rings. The molecule has 17 heavy (non-hydrogen) atoms. The summed E-state index contributed by atoms with van der Waals surface area (Å²) < 4.78 is 7.09. The smallest absolute Gasteiger partial charge is 0.315 e. The van der Waals surface area contributed by atoms with Gasteiger partial charge in [0.15, 0.2) is 0 Å². The van der Waals surface area contributed by atoms with Crippen LogP contribution in [0.1, 0.15) is 38.4 Å². The van der Waals surface area contributed by atoms with Gasteiger partial charge in [-0.3, -0.25) is 9.48 Å². The Kier molecular flexibility index (Phi) is 3.19. The summed E-state index contributed by atoms with van der Waals surface area (Å²) in [6.45, 7) is 5.00. The Hall–Kier alpha value is -1.36. The van der Waals surface area contributed by atoms with E-state index in [1.165, 1.54) is 0 Å². The highest BCUT2D eigenvalue weighted by molar-refractivity contribution is 5.81. The first kappa shape index (κ1) is 12.1. The van der Waals surface area contributed by atoms with Crippen molar-refractivity contribution in [3.63, 3.8) is 0 Å². The van der Waals surface area contributed by atoms with E-state index in [9.17, 15) is 9.90 Å². The van der Waals surface area contributed by atoms with Crippen molar-refractivity contribution in [2.45, 2.75) is 38.1 Å². The zero-order valence-electron chi connectivity index (χ0n) is 10.2. The van der Waals surface area contributed by atoms with Gasteiger partial charge in [0.2, 0.25) is 0 Å². The Morgan fingerprint density at radius 1 is 1.53 bits per heavy atom. The van der Waals surface area contributed by atoms with Gasteiger partial charge in [-0.05, 0) is 32.8 Å². The molecule has 1 N–H and O–H groups in total. The standard InChI is InChI=1S/C12H18N2O3/c1-9(2)14-10(3-6-13-14)12(11(15)16)4-7-17-8-5-12/h3,6,9H,4-5,7-8H2,1-2H3,(H,15,16). The summed E-state index contributed by atoms with van der Waals surface area (Å²) in [4.78, 5) is 11.7. The molecule has 0 saturated carbocycles. The van der Waals surface area contributed by atoms with Gasteiger partial charge < -0.3 is 9.84 Å². The Balaban J connectivity index is 2.45. The van der Waals surface area contributed by atoms with Crippen LogP contribution in [0.4, 0.5) is 0 Å². The van der Waals surface area contributed by atoms with Crippen molar-refractivity contribution >= 4 is 5.97 Å². The van der Waals surface area contributed by atoms with Crippen molar-refractivity contribution in [3.05, 3.63) is 18.0 Å². The Morgan fingerprint density at radius 3 is 2.71 bits per heavy atom. The molecule has 1 fully saturated rings. The fraction of sp³-hybridized carbons (Fsp3) is 0.667. The van der Waals surface area contributed by atoms with E-state index in [2.05, 4.69) is 5.10 Å². The summed E-state index contributed by atoms with van der Waals surface area (Å²) in [5, 5.41) is 13.8. The second kappa shape index (κ2) is 4.49. The monoisotopic (exact) mass is 238 g/mol. The van der Waals surface area contributed by atoms with Crippen molar-refractivity contribution in [3.8, 4) is 0 Å². The fourth-order valence-electron chi connectivity index (χ4n) is 2.40. The van der Waals surface area contributed by atoms with Gasteiger partial charge in [0.1, 0.15) is 5.41 Å². The van der Waals surface area contributed by atoms with Crippen molar-refractivity contribution in [1.29, 1.82) is 0 Å². The maximum atomic E-state index is 11.7. The van der Waals surface area contributed by atoms with Gasteiger partial charge >= 0.3 is 5.97 Å². The number of rotatable bonds is 3. The van der Waals surface area contributed by atoms with Crippen LogP contribution < -0.4 is 0 Å². The predicted molar refractivity (Wildman–Crippen MR) is 62.0 cm³/mol. The van der Waals surface area contributed by atoms with E-state index in [0.29, 0.717) is 26.1 Å². The average molecular weight is 238 g/mol. The van der Waals surface area contributed by atoms with Crippen molar-refractivity contribution in [1.82, 2.24) is 9.78 Å². The van der Waals surface area contributed by atoms with Crippen LogP contribution in [-0.4, -0.2) is 34.1 Å². The summed E-state index contributed by atoms with van der Waals surface area (Å²) in [5.41, 5.74) is -0.0396. The van der Waals surface area contributed by atoms with Crippen LogP contribution in [0.3, 0.4) is 0 Å². The molecule has 0 aliphatic carbocycles. The van der Waals surface area contributed by atoms with Gasteiger partial charge in [0.05, 0.1) is 5.69 Å². The topological polar surface area (TPSA) is 64.4 Å². The summed E-state index contributed by atoms with van der Waals surface area (Å²) >= 11 is 0. The molecule has 1 saturated heterocycles. The second-order valence-electron chi connectivity index (χ2n) is 4.75. The molecule has 0 spiro atoms. The zero-order valence-corrected chi connectivity index (χ0v) is 10.2. The van der Waals surface area contributed by atoms with Crippen LogP contribution >= 0.6 is 0 Å². The molecule has 2 rings (SSSR count). The van der Waals surface area contributed by atoms with Gasteiger partial charge in [-0.15, -0.1) is 0 Å². The lowest BCUT2D eigenvalue weighted by Gasteiger charge is -2.34. The van der Waals surface area contributed by atoms with E-state index >= 15 is 0 Å². The highest BCUT2D eigenvalue weighted by atomic mass is 16.5. The number of nitrogens with zero attached hydrogens (tertiary/aromatic N) is 2. The summed E-state index contributed by atoms with van der Waals surface area (Å²) in [5.74, 6) is -0.775. The number of carbonyl (C=O) groups is 1. The van der Waals surface area contributed by atoms with Crippen LogP contribution in [0.2, 0.25) is 0 Å². The minimum Gasteiger partial charge on any atom is -0.481 e. The Labute approximate surface area is 100 Å². The lowest BCUT2D eigenvalue weighted by molar-refractivity contribution is -0.148. The van der Waals surface area contributed by atoms with Crippen LogP contribution in [0.5, 0.6) is 0 Å². The molecule has 94 valence electrons. The van der Waals surface area contributed by atoms with Crippen LogP contribution in [0.25, 0.3) is 0 Å². The molecule has 0 bridgehead atoms. The van der Waals surface area contributed by atoms with Crippen molar-refractivity contribution < 1.29 is 14.6 Å². The summed E-state index contributed by atoms with van der Waals surface area (Å²) in [6.07, 6.45) is 2.71. The number of ether oxygens (including phenoxy) is 1. The third kappa shape index (κ3) is 1.95. The maximum Gasteiger partial charge on any atom is 0.315 e. The van der Waals surface area contributed by atoms with Gasteiger partial charge in [-0.25, -0.2) is 0 Å². The molecule has 5 nitrogen and oxygen atoms in total. The highest BCUT2D eigenvalue weighted by Gasteiger charge is 2.44. The van der Waals surface area contributed by atoms with E-state index < -0.39 is 11.4 Å². The fourth-order valence-corrected chi connectivity index (χ4v) is 2.40. The molecule has 0 amide bonds. The van der Waals surface area contributed by atoms with Crippen LogP contribution in [-0.2, 0) is 14.9 Å². The number of aliphatic carboxylic acids is 1. The lowest BCUT2D eigenvalue weighted by Crippen LogP contribution is -2.43. The Bertz CT molecular complexity index is 406. The largest absolute Gasteiger partial charge is 0.481 e. The third-order valence-electron chi connectivity index (χ3n) is 3.41. The molecule has 1 aliphatic heterocycles. The number of hydrogen-bond donors (Lipinski definition) is 1. The summed E-state index contributed by atoms with van der Waals surface area (Å²) in [7, 11) is 0. The number of aromatic nitrogens is 2. The van der Waals surface area contributed by atoms with Gasteiger partial charge in [-0.1, -0.05) is 0 Å². The van der Waals surface area contributed by atoms with Crippen molar-refractivity contribution in [2.24, 2.45) is 0 Å². The first-order valence-electron chi connectivity index (χ1n) is 5.93. The minimum absolute atomic E-state index is 0.166. The third-order valence-corrected chi connectivity index (χ3v) is 3.41. The van der Waals surface area contributed by atoms with Gasteiger partial charge in [0, 0.05) is 25.5 Å².